The zero-order valence-electron chi connectivity index (χ0n) is 11.0. The van der Waals surface area contributed by atoms with E-state index >= 15 is 0 Å². The van der Waals surface area contributed by atoms with Crippen LogP contribution in [0.5, 0.6) is 0 Å². The van der Waals surface area contributed by atoms with Gasteiger partial charge in [0, 0.05) is 31.6 Å². The molecule has 1 amide bonds. The summed E-state index contributed by atoms with van der Waals surface area (Å²) in [6.45, 7) is 4.41. The number of rotatable bonds is 6. The Hall–Kier alpha value is -1.79. The van der Waals surface area contributed by atoms with Crippen LogP contribution >= 0.6 is 0 Å². The van der Waals surface area contributed by atoms with Crippen LogP contribution in [0.2, 0.25) is 0 Å². The predicted octanol–water partition coefficient (Wildman–Crippen LogP) is 2.54. The zero-order chi connectivity index (χ0) is 13.4. The maximum atomic E-state index is 10.9. The summed E-state index contributed by atoms with van der Waals surface area (Å²) in [5, 5.41) is 6.16. The van der Waals surface area contributed by atoms with E-state index < -0.39 is 0 Å². The number of carbonyl (C=O) groups is 1. The maximum absolute atomic E-state index is 10.9. The van der Waals surface area contributed by atoms with Crippen molar-refractivity contribution in [3.8, 4) is 12.3 Å². The Kier molecular flexibility index (Phi) is 5.96. The molecule has 0 spiro atoms. The van der Waals surface area contributed by atoms with Crippen molar-refractivity contribution >= 4 is 11.6 Å². The van der Waals surface area contributed by atoms with E-state index in [2.05, 4.69) is 23.5 Å². The molecule has 0 fully saturated rings. The summed E-state index contributed by atoms with van der Waals surface area (Å²) in [4.78, 5) is 10.9. The Bertz CT molecular complexity index is 417. The third-order valence-corrected chi connectivity index (χ3v) is 2.73. The van der Waals surface area contributed by atoms with E-state index in [1.165, 1.54) is 12.5 Å². The summed E-state index contributed by atoms with van der Waals surface area (Å²) in [5.74, 6) is 2.62. The van der Waals surface area contributed by atoms with Crippen molar-refractivity contribution in [1.82, 2.24) is 5.32 Å². The molecule has 1 rings (SSSR count). The van der Waals surface area contributed by atoms with Crippen molar-refractivity contribution < 1.29 is 4.79 Å². The highest BCUT2D eigenvalue weighted by Crippen LogP contribution is 2.10. The number of amides is 1. The van der Waals surface area contributed by atoms with Crippen LogP contribution in [0.1, 0.15) is 32.3 Å². The van der Waals surface area contributed by atoms with Crippen LogP contribution in [0.25, 0.3) is 0 Å². The largest absolute Gasteiger partial charge is 0.326 e. The summed E-state index contributed by atoms with van der Waals surface area (Å²) in [5.41, 5.74) is 2.00. The Morgan fingerprint density at radius 3 is 2.56 bits per heavy atom. The third kappa shape index (κ3) is 5.03. The number of anilines is 1. The van der Waals surface area contributed by atoms with Gasteiger partial charge in [-0.05, 0) is 24.1 Å². The second-order valence-corrected chi connectivity index (χ2v) is 4.27. The van der Waals surface area contributed by atoms with Crippen LogP contribution in [0.3, 0.4) is 0 Å². The van der Waals surface area contributed by atoms with E-state index in [0.717, 1.165) is 25.1 Å². The highest BCUT2D eigenvalue weighted by atomic mass is 16.1. The fourth-order valence-corrected chi connectivity index (χ4v) is 1.67. The van der Waals surface area contributed by atoms with Gasteiger partial charge in [-0.1, -0.05) is 19.1 Å². The van der Waals surface area contributed by atoms with E-state index in [1.54, 1.807) is 0 Å². The molecule has 1 aromatic rings. The van der Waals surface area contributed by atoms with E-state index in [0.29, 0.717) is 6.04 Å². The zero-order valence-corrected chi connectivity index (χ0v) is 11.0. The smallest absolute Gasteiger partial charge is 0.221 e. The van der Waals surface area contributed by atoms with Gasteiger partial charge in [0.25, 0.3) is 0 Å². The lowest BCUT2D eigenvalue weighted by atomic mass is 10.1. The van der Waals surface area contributed by atoms with Crippen molar-refractivity contribution in [3.63, 3.8) is 0 Å². The van der Waals surface area contributed by atoms with Crippen LogP contribution in [-0.2, 0) is 11.3 Å². The van der Waals surface area contributed by atoms with Gasteiger partial charge in [0.1, 0.15) is 0 Å². The first-order chi connectivity index (χ1) is 8.65. The van der Waals surface area contributed by atoms with Gasteiger partial charge in [-0.15, -0.1) is 12.3 Å². The molecule has 0 radical (unpaired) electrons. The number of nitrogens with one attached hydrogen (secondary N) is 2. The van der Waals surface area contributed by atoms with Crippen molar-refractivity contribution in [2.24, 2.45) is 0 Å². The molecule has 0 bridgehead atoms. The monoisotopic (exact) mass is 244 g/mol. The molecule has 0 saturated heterocycles. The fourth-order valence-electron chi connectivity index (χ4n) is 1.67. The summed E-state index contributed by atoms with van der Waals surface area (Å²) in [6, 6.07) is 8.17. The van der Waals surface area contributed by atoms with E-state index in [1.807, 2.05) is 24.3 Å². The minimum absolute atomic E-state index is 0.0547. The quantitative estimate of drug-likeness (QED) is 0.755. The fraction of sp³-hybridized carbons (Fsp3) is 0.400. The molecule has 3 nitrogen and oxygen atoms in total. The topological polar surface area (TPSA) is 41.1 Å². The van der Waals surface area contributed by atoms with Gasteiger partial charge < -0.3 is 10.6 Å². The number of carbonyl (C=O) groups excluding carboxylic acids is 1. The molecule has 1 unspecified atom stereocenters. The van der Waals surface area contributed by atoms with Gasteiger partial charge in [0.15, 0.2) is 0 Å². The summed E-state index contributed by atoms with van der Waals surface area (Å²) < 4.78 is 0. The van der Waals surface area contributed by atoms with Crippen LogP contribution in [0.15, 0.2) is 24.3 Å². The summed E-state index contributed by atoms with van der Waals surface area (Å²) >= 11 is 0. The molecular formula is C15H20N2O. The SMILES string of the molecule is C#CCC(CC)NCc1ccc(NC(C)=O)cc1. The lowest BCUT2D eigenvalue weighted by Crippen LogP contribution is -2.27. The first-order valence-electron chi connectivity index (χ1n) is 6.19. The van der Waals surface area contributed by atoms with Crippen LogP contribution < -0.4 is 10.6 Å². The second kappa shape index (κ2) is 7.52. The molecular weight excluding hydrogens is 224 g/mol. The lowest BCUT2D eigenvalue weighted by Gasteiger charge is -2.14. The van der Waals surface area contributed by atoms with Gasteiger partial charge >= 0.3 is 0 Å². The first kappa shape index (κ1) is 14.3. The standard InChI is InChI=1S/C15H20N2O/c1-4-6-14(5-2)16-11-13-7-9-15(10-8-13)17-12(3)18/h1,7-10,14,16H,5-6,11H2,2-3H3,(H,17,18). The van der Waals surface area contributed by atoms with Gasteiger partial charge in [-0.3, -0.25) is 4.79 Å². The van der Waals surface area contributed by atoms with Crippen LogP contribution in [0.4, 0.5) is 5.69 Å². The summed E-state index contributed by atoms with van der Waals surface area (Å²) in [7, 11) is 0. The number of hydrogen-bond acceptors (Lipinski definition) is 2. The van der Waals surface area contributed by atoms with Crippen molar-refractivity contribution in [2.75, 3.05) is 5.32 Å². The second-order valence-electron chi connectivity index (χ2n) is 4.27. The molecule has 0 heterocycles. The molecule has 2 N–H and O–H groups in total. The van der Waals surface area contributed by atoms with Crippen molar-refractivity contribution in [3.05, 3.63) is 29.8 Å². The Balaban J connectivity index is 2.48. The Labute approximate surface area is 109 Å². The van der Waals surface area contributed by atoms with Crippen LogP contribution in [0, 0.1) is 12.3 Å². The average molecular weight is 244 g/mol. The molecule has 3 heteroatoms. The van der Waals surface area contributed by atoms with Gasteiger partial charge in [-0.2, -0.15) is 0 Å². The van der Waals surface area contributed by atoms with E-state index in [4.69, 9.17) is 6.42 Å². The normalized spacial score (nSPS) is 11.6. The van der Waals surface area contributed by atoms with E-state index in [9.17, 15) is 4.79 Å². The van der Waals surface area contributed by atoms with Gasteiger partial charge in [0.2, 0.25) is 5.91 Å². The molecule has 1 aromatic carbocycles. The van der Waals surface area contributed by atoms with Crippen molar-refractivity contribution in [1.29, 1.82) is 0 Å². The average Bonchev–Trinajstić information content (AvgIpc) is 2.35. The molecule has 0 aliphatic carbocycles. The number of terminal acetylenes is 1. The highest BCUT2D eigenvalue weighted by Gasteiger charge is 2.03. The van der Waals surface area contributed by atoms with Gasteiger partial charge in [-0.25, -0.2) is 0 Å². The minimum Gasteiger partial charge on any atom is -0.326 e. The highest BCUT2D eigenvalue weighted by molar-refractivity contribution is 5.88. The van der Waals surface area contributed by atoms with Crippen LogP contribution in [-0.4, -0.2) is 11.9 Å². The predicted molar refractivity (Wildman–Crippen MR) is 75.1 cm³/mol. The molecule has 0 aliphatic rings. The molecule has 0 aromatic heterocycles. The maximum Gasteiger partial charge on any atom is 0.221 e. The molecule has 1 atom stereocenters. The Morgan fingerprint density at radius 2 is 2.06 bits per heavy atom. The summed E-state index contributed by atoms with van der Waals surface area (Å²) in [6.07, 6.45) is 7.08. The van der Waals surface area contributed by atoms with Gasteiger partial charge in [0.05, 0.1) is 0 Å². The third-order valence-electron chi connectivity index (χ3n) is 2.73. The van der Waals surface area contributed by atoms with E-state index in [-0.39, 0.29) is 5.91 Å². The molecule has 0 saturated carbocycles. The number of hydrogen-bond donors (Lipinski definition) is 2. The van der Waals surface area contributed by atoms with Crippen molar-refractivity contribution in [2.45, 2.75) is 39.3 Å². The number of benzene rings is 1. The first-order valence-corrected chi connectivity index (χ1v) is 6.19. The Morgan fingerprint density at radius 1 is 1.39 bits per heavy atom. The molecule has 96 valence electrons. The lowest BCUT2D eigenvalue weighted by molar-refractivity contribution is -0.114. The minimum atomic E-state index is -0.0547. The molecule has 0 aliphatic heterocycles. The molecule has 18 heavy (non-hydrogen) atoms.